The highest BCUT2D eigenvalue weighted by molar-refractivity contribution is 5.91. The van der Waals surface area contributed by atoms with Crippen LogP contribution in [0.5, 0.6) is 5.75 Å². The van der Waals surface area contributed by atoms with Crippen molar-refractivity contribution in [1.82, 2.24) is 25.1 Å². The predicted molar refractivity (Wildman–Crippen MR) is 122 cm³/mol. The van der Waals surface area contributed by atoms with Crippen LogP contribution in [0.4, 0.5) is 11.8 Å². The van der Waals surface area contributed by atoms with Crippen LogP contribution in [-0.2, 0) is 0 Å². The van der Waals surface area contributed by atoms with E-state index in [9.17, 15) is 0 Å². The van der Waals surface area contributed by atoms with E-state index < -0.39 is 0 Å². The molecule has 4 heterocycles. The van der Waals surface area contributed by atoms with Gasteiger partial charge >= 0.3 is 0 Å². The van der Waals surface area contributed by atoms with E-state index in [4.69, 9.17) is 14.7 Å². The van der Waals surface area contributed by atoms with Crippen LogP contribution in [0.15, 0.2) is 18.2 Å². The fraction of sp³-hybridized carbons (Fsp3) is 0.565. The third-order valence-corrected chi connectivity index (χ3v) is 6.58. The first-order valence-corrected chi connectivity index (χ1v) is 11.4. The lowest BCUT2D eigenvalue weighted by atomic mass is 9.96. The van der Waals surface area contributed by atoms with Crippen LogP contribution in [0.25, 0.3) is 10.9 Å². The summed E-state index contributed by atoms with van der Waals surface area (Å²) in [6.07, 6.45) is 4.51. The molecule has 2 aliphatic rings. The van der Waals surface area contributed by atoms with Crippen molar-refractivity contribution < 1.29 is 4.74 Å². The van der Waals surface area contributed by atoms with Crippen molar-refractivity contribution >= 4 is 22.7 Å². The second-order valence-electron chi connectivity index (χ2n) is 8.96. The standard InChI is InChI=1S/C23H31N7O/c1-15-5-4-10-30(14-15)22-19-13-18(31-3)6-7-20(19)25-23(26-22)29-11-8-17(9-12-29)21-24-16(2)27-28-21/h6-7,13,15,17H,4-5,8-12,14H2,1-3H3,(H,24,27,28)/t15-/m0/s1. The number of nitrogens with zero attached hydrogens (tertiary/aromatic N) is 6. The summed E-state index contributed by atoms with van der Waals surface area (Å²) in [6, 6.07) is 6.12. The minimum absolute atomic E-state index is 0.397. The highest BCUT2D eigenvalue weighted by atomic mass is 16.5. The summed E-state index contributed by atoms with van der Waals surface area (Å²) in [5.41, 5.74) is 0.978. The van der Waals surface area contributed by atoms with E-state index in [0.29, 0.717) is 11.8 Å². The zero-order chi connectivity index (χ0) is 21.4. The number of fused-ring (bicyclic) bond motifs is 1. The molecule has 3 aromatic rings. The Morgan fingerprint density at radius 3 is 2.58 bits per heavy atom. The summed E-state index contributed by atoms with van der Waals surface area (Å²) < 4.78 is 5.49. The number of ether oxygens (including phenoxy) is 1. The largest absolute Gasteiger partial charge is 0.497 e. The van der Waals surface area contributed by atoms with Crippen molar-refractivity contribution in [3.63, 3.8) is 0 Å². The lowest BCUT2D eigenvalue weighted by molar-refractivity contribution is 0.415. The van der Waals surface area contributed by atoms with Crippen LogP contribution in [0, 0.1) is 12.8 Å². The highest BCUT2D eigenvalue weighted by Crippen LogP contribution is 2.34. The van der Waals surface area contributed by atoms with Crippen LogP contribution >= 0.6 is 0 Å². The van der Waals surface area contributed by atoms with Gasteiger partial charge in [0, 0.05) is 37.5 Å². The lowest BCUT2D eigenvalue weighted by Crippen LogP contribution is -2.37. The minimum atomic E-state index is 0.397. The van der Waals surface area contributed by atoms with Crippen molar-refractivity contribution in [1.29, 1.82) is 0 Å². The van der Waals surface area contributed by atoms with Gasteiger partial charge < -0.3 is 14.5 Å². The number of aryl methyl sites for hydroxylation is 1. The number of methoxy groups -OCH3 is 1. The Kier molecular flexibility index (Phi) is 5.38. The summed E-state index contributed by atoms with van der Waals surface area (Å²) >= 11 is 0. The van der Waals surface area contributed by atoms with Crippen LogP contribution in [0.2, 0.25) is 0 Å². The van der Waals surface area contributed by atoms with E-state index in [1.165, 1.54) is 12.8 Å². The monoisotopic (exact) mass is 421 g/mol. The smallest absolute Gasteiger partial charge is 0.227 e. The number of nitrogens with one attached hydrogen (secondary N) is 1. The molecule has 5 rings (SSSR count). The van der Waals surface area contributed by atoms with Gasteiger partial charge in [0.2, 0.25) is 5.95 Å². The number of H-pyrrole nitrogens is 1. The first-order valence-electron chi connectivity index (χ1n) is 11.4. The van der Waals surface area contributed by atoms with Crippen molar-refractivity contribution in [2.45, 2.75) is 45.4 Å². The van der Waals surface area contributed by atoms with E-state index in [2.05, 4.69) is 44.0 Å². The number of hydrogen-bond acceptors (Lipinski definition) is 7. The Labute approximate surface area is 183 Å². The molecule has 0 saturated carbocycles. The van der Waals surface area contributed by atoms with Crippen LogP contribution in [0.3, 0.4) is 0 Å². The normalized spacial score (nSPS) is 20.4. The third-order valence-electron chi connectivity index (χ3n) is 6.58. The topological polar surface area (TPSA) is 83.1 Å². The molecule has 164 valence electrons. The maximum Gasteiger partial charge on any atom is 0.227 e. The third kappa shape index (κ3) is 4.03. The molecule has 8 heteroatoms. The van der Waals surface area contributed by atoms with Gasteiger partial charge in [-0.2, -0.15) is 10.1 Å². The Morgan fingerprint density at radius 1 is 1.03 bits per heavy atom. The summed E-state index contributed by atoms with van der Waals surface area (Å²) in [5.74, 6) is 5.60. The zero-order valence-corrected chi connectivity index (χ0v) is 18.6. The van der Waals surface area contributed by atoms with Gasteiger partial charge in [0.25, 0.3) is 0 Å². The molecule has 8 nitrogen and oxygen atoms in total. The molecule has 2 aliphatic heterocycles. The highest BCUT2D eigenvalue weighted by Gasteiger charge is 2.27. The van der Waals surface area contributed by atoms with Gasteiger partial charge in [-0.15, -0.1) is 0 Å². The summed E-state index contributed by atoms with van der Waals surface area (Å²) in [5, 5.41) is 8.42. The fourth-order valence-corrected chi connectivity index (χ4v) is 4.85. The lowest BCUT2D eigenvalue weighted by Gasteiger charge is -2.34. The summed E-state index contributed by atoms with van der Waals surface area (Å²) in [6.45, 7) is 8.18. The maximum absolute atomic E-state index is 5.49. The van der Waals surface area contributed by atoms with Crippen LogP contribution in [-0.4, -0.2) is 58.4 Å². The quantitative estimate of drug-likeness (QED) is 0.688. The van der Waals surface area contributed by atoms with E-state index in [0.717, 1.165) is 79.1 Å². The number of anilines is 2. The zero-order valence-electron chi connectivity index (χ0n) is 18.6. The molecule has 0 radical (unpaired) electrons. The maximum atomic E-state index is 5.49. The average molecular weight is 422 g/mol. The molecule has 1 aromatic carbocycles. The van der Waals surface area contributed by atoms with Gasteiger partial charge in [0.1, 0.15) is 17.4 Å². The van der Waals surface area contributed by atoms with Crippen molar-refractivity contribution in [2.24, 2.45) is 5.92 Å². The second-order valence-corrected chi connectivity index (χ2v) is 8.96. The molecule has 0 bridgehead atoms. The molecule has 2 aromatic heterocycles. The Morgan fingerprint density at radius 2 is 1.87 bits per heavy atom. The molecule has 0 aliphatic carbocycles. The van der Waals surface area contributed by atoms with Crippen molar-refractivity contribution in [3.05, 3.63) is 29.8 Å². The van der Waals surface area contributed by atoms with Gasteiger partial charge in [0.15, 0.2) is 5.82 Å². The number of benzene rings is 1. The predicted octanol–water partition coefficient (Wildman–Crippen LogP) is 3.69. The van der Waals surface area contributed by atoms with Crippen molar-refractivity contribution in [3.8, 4) is 5.75 Å². The van der Waals surface area contributed by atoms with Gasteiger partial charge in [-0.05, 0) is 56.7 Å². The number of aromatic nitrogens is 5. The Bertz CT molecular complexity index is 1060. The minimum Gasteiger partial charge on any atom is -0.497 e. The SMILES string of the molecule is COc1ccc2nc(N3CCC(c4n[nH]c(C)n4)CC3)nc(N3CCC[C@H](C)C3)c2c1. The van der Waals surface area contributed by atoms with E-state index in [-0.39, 0.29) is 0 Å². The molecule has 0 amide bonds. The van der Waals surface area contributed by atoms with Crippen LogP contribution < -0.4 is 14.5 Å². The molecule has 0 spiro atoms. The van der Waals surface area contributed by atoms with Gasteiger partial charge in [-0.3, -0.25) is 5.10 Å². The van der Waals surface area contributed by atoms with E-state index in [1.807, 2.05) is 13.0 Å². The van der Waals surface area contributed by atoms with Crippen molar-refractivity contribution in [2.75, 3.05) is 43.1 Å². The van der Waals surface area contributed by atoms with E-state index >= 15 is 0 Å². The first-order chi connectivity index (χ1) is 15.1. The molecular formula is C23H31N7O. The molecule has 1 atom stereocenters. The van der Waals surface area contributed by atoms with Crippen LogP contribution in [0.1, 0.15) is 50.2 Å². The number of rotatable bonds is 4. The summed E-state index contributed by atoms with van der Waals surface area (Å²) in [4.78, 5) is 19.3. The molecule has 2 saturated heterocycles. The Balaban J connectivity index is 1.45. The summed E-state index contributed by atoms with van der Waals surface area (Å²) in [7, 11) is 1.71. The second kappa shape index (κ2) is 8.32. The molecular weight excluding hydrogens is 390 g/mol. The van der Waals surface area contributed by atoms with E-state index in [1.54, 1.807) is 7.11 Å². The molecule has 31 heavy (non-hydrogen) atoms. The van der Waals surface area contributed by atoms with Gasteiger partial charge in [-0.1, -0.05) is 6.92 Å². The van der Waals surface area contributed by atoms with Gasteiger partial charge in [0.05, 0.1) is 12.6 Å². The molecule has 1 N–H and O–H groups in total. The Hall–Kier alpha value is -2.90. The molecule has 2 fully saturated rings. The number of aromatic amines is 1. The number of piperidine rings is 2. The average Bonchev–Trinajstić information content (AvgIpc) is 3.24. The number of hydrogen-bond donors (Lipinski definition) is 1. The molecule has 0 unspecified atom stereocenters. The van der Waals surface area contributed by atoms with Gasteiger partial charge in [-0.25, -0.2) is 9.97 Å². The fourth-order valence-electron chi connectivity index (χ4n) is 4.85. The first kappa shape index (κ1) is 20.0.